The molecule has 25 heavy (non-hydrogen) atoms. The second-order valence-corrected chi connectivity index (χ2v) is 6.13. The zero-order valence-electron chi connectivity index (χ0n) is 13.7. The smallest absolute Gasteiger partial charge is 0.430 e. The summed E-state index contributed by atoms with van der Waals surface area (Å²) >= 11 is 6.01. The molecule has 0 saturated heterocycles. The van der Waals surface area contributed by atoms with E-state index in [1.165, 1.54) is 12.1 Å². The van der Waals surface area contributed by atoms with E-state index in [1.807, 2.05) is 13.8 Å². The maximum absolute atomic E-state index is 13.2. The molecule has 0 radical (unpaired) electrons. The summed E-state index contributed by atoms with van der Waals surface area (Å²) in [5.74, 6) is -1.54. The molecule has 0 aliphatic carbocycles. The molecule has 0 saturated carbocycles. The molecule has 1 aliphatic rings. The fourth-order valence-corrected chi connectivity index (χ4v) is 2.69. The van der Waals surface area contributed by atoms with Crippen molar-refractivity contribution >= 4 is 23.6 Å². The summed E-state index contributed by atoms with van der Waals surface area (Å²) in [4.78, 5) is 11.2. The molecule has 0 bridgehead atoms. The lowest BCUT2D eigenvalue weighted by Gasteiger charge is -2.29. The van der Waals surface area contributed by atoms with E-state index in [-0.39, 0.29) is 28.0 Å². The number of aliphatic carboxylic acids is 1. The van der Waals surface area contributed by atoms with Crippen LogP contribution in [0.15, 0.2) is 17.7 Å². The Morgan fingerprint density at radius 1 is 1.36 bits per heavy atom. The van der Waals surface area contributed by atoms with Crippen molar-refractivity contribution in [3.8, 4) is 11.5 Å². The first kappa shape index (κ1) is 19.4. The third kappa shape index (κ3) is 4.21. The van der Waals surface area contributed by atoms with E-state index in [4.69, 9.17) is 26.2 Å². The fourth-order valence-electron chi connectivity index (χ4n) is 2.49. The average Bonchev–Trinajstić information content (AvgIpc) is 2.55. The average molecular weight is 379 g/mol. The molecular formula is C17H18ClF3O4. The molecule has 138 valence electrons. The Balaban J connectivity index is 2.45. The molecule has 4 nitrogen and oxygen atoms in total. The van der Waals surface area contributed by atoms with Gasteiger partial charge < -0.3 is 14.6 Å². The second-order valence-electron chi connectivity index (χ2n) is 5.73. The van der Waals surface area contributed by atoms with Gasteiger partial charge in [0, 0.05) is 5.56 Å². The number of carboxylic acid groups (broad SMARTS) is 1. The van der Waals surface area contributed by atoms with Gasteiger partial charge in [0.25, 0.3) is 0 Å². The number of hydrogen-bond acceptors (Lipinski definition) is 3. The van der Waals surface area contributed by atoms with Crippen LogP contribution in [0.4, 0.5) is 13.2 Å². The van der Waals surface area contributed by atoms with E-state index in [0.717, 1.165) is 18.9 Å². The molecule has 2 rings (SSSR count). The van der Waals surface area contributed by atoms with Crippen molar-refractivity contribution in [3.05, 3.63) is 28.3 Å². The van der Waals surface area contributed by atoms with Crippen molar-refractivity contribution in [2.75, 3.05) is 6.61 Å². The summed E-state index contributed by atoms with van der Waals surface area (Å²) < 4.78 is 50.2. The molecule has 0 spiro atoms. The number of carbonyl (C=O) groups is 1. The number of rotatable bonds is 6. The van der Waals surface area contributed by atoms with E-state index in [9.17, 15) is 18.0 Å². The molecule has 1 atom stereocenters. The number of carboxylic acids is 1. The van der Waals surface area contributed by atoms with Gasteiger partial charge in [-0.25, -0.2) is 4.79 Å². The number of halogens is 4. The molecule has 1 aliphatic heterocycles. The van der Waals surface area contributed by atoms with Crippen LogP contribution in [0.25, 0.3) is 6.08 Å². The summed E-state index contributed by atoms with van der Waals surface area (Å²) in [6, 6.07) is 2.87. The molecule has 8 heteroatoms. The van der Waals surface area contributed by atoms with Crippen molar-refractivity contribution in [1.29, 1.82) is 0 Å². The molecule has 1 aromatic carbocycles. The van der Waals surface area contributed by atoms with Gasteiger partial charge in [-0.2, -0.15) is 13.2 Å². The predicted molar refractivity (Wildman–Crippen MR) is 87.1 cm³/mol. The van der Waals surface area contributed by atoms with Crippen molar-refractivity contribution in [2.24, 2.45) is 5.92 Å². The Labute approximate surface area is 148 Å². The first-order valence-electron chi connectivity index (χ1n) is 7.82. The zero-order valence-corrected chi connectivity index (χ0v) is 14.4. The zero-order chi connectivity index (χ0) is 18.8. The summed E-state index contributed by atoms with van der Waals surface area (Å²) in [5, 5.41) is 9.16. The third-order valence-electron chi connectivity index (χ3n) is 4.10. The molecule has 0 aromatic heterocycles. The van der Waals surface area contributed by atoms with Crippen LogP contribution in [0, 0.1) is 5.92 Å². The van der Waals surface area contributed by atoms with Crippen LogP contribution in [-0.4, -0.2) is 30.0 Å². The Morgan fingerprint density at radius 3 is 2.52 bits per heavy atom. The fraction of sp³-hybridized carbons (Fsp3) is 0.471. The Kier molecular flexibility index (Phi) is 5.87. The van der Waals surface area contributed by atoms with Crippen LogP contribution >= 0.6 is 11.6 Å². The Morgan fingerprint density at radius 2 is 2.00 bits per heavy atom. The van der Waals surface area contributed by atoms with Crippen LogP contribution < -0.4 is 9.47 Å². The highest BCUT2D eigenvalue weighted by Crippen LogP contribution is 2.45. The van der Waals surface area contributed by atoms with E-state index in [0.29, 0.717) is 6.61 Å². The molecule has 1 N–H and O–H groups in total. The maximum Gasteiger partial charge on any atom is 0.430 e. The van der Waals surface area contributed by atoms with Crippen LogP contribution in [-0.2, 0) is 4.79 Å². The number of ether oxygens (including phenoxy) is 2. The van der Waals surface area contributed by atoms with Crippen molar-refractivity contribution < 1.29 is 32.5 Å². The normalized spacial score (nSPS) is 16.9. The quantitative estimate of drug-likeness (QED) is 0.761. The van der Waals surface area contributed by atoms with E-state index >= 15 is 0 Å². The number of alkyl halides is 3. The topological polar surface area (TPSA) is 55.8 Å². The van der Waals surface area contributed by atoms with Gasteiger partial charge in [-0.15, -0.1) is 0 Å². The van der Waals surface area contributed by atoms with Gasteiger partial charge in [-0.1, -0.05) is 38.3 Å². The third-order valence-corrected chi connectivity index (χ3v) is 4.43. The van der Waals surface area contributed by atoms with E-state index < -0.39 is 23.8 Å². The summed E-state index contributed by atoms with van der Waals surface area (Å²) in [5.41, 5.74) is -0.847. The molecule has 1 aromatic rings. The number of fused-ring (bicyclic) bond motifs is 1. The van der Waals surface area contributed by atoms with Crippen LogP contribution in [0.1, 0.15) is 32.3 Å². The minimum atomic E-state index is -4.88. The van der Waals surface area contributed by atoms with Gasteiger partial charge in [0.1, 0.15) is 0 Å². The van der Waals surface area contributed by atoms with Crippen LogP contribution in [0.5, 0.6) is 11.5 Å². The lowest BCUT2D eigenvalue weighted by atomic mass is 10.0. The van der Waals surface area contributed by atoms with Gasteiger partial charge >= 0.3 is 12.1 Å². The minimum Gasteiger partial charge on any atom is -0.489 e. The van der Waals surface area contributed by atoms with Gasteiger partial charge in [0.15, 0.2) is 11.5 Å². The van der Waals surface area contributed by atoms with Gasteiger partial charge in [-0.05, 0) is 24.1 Å². The Hall–Kier alpha value is -1.89. The second kappa shape index (κ2) is 7.56. The Bertz CT molecular complexity index is 681. The molecule has 0 fully saturated rings. The first-order valence-corrected chi connectivity index (χ1v) is 8.20. The minimum absolute atomic E-state index is 0.0709. The van der Waals surface area contributed by atoms with Crippen LogP contribution in [0.3, 0.4) is 0 Å². The number of benzene rings is 1. The molecular weight excluding hydrogens is 361 g/mol. The number of hydrogen-bond donors (Lipinski definition) is 1. The van der Waals surface area contributed by atoms with Gasteiger partial charge in [-0.3, -0.25) is 0 Å². The lowest BCUT2D eigenvalue weighted by Crippen LogP contribution is -2.40. The molecule has 0 amide bonds. The predicted octanol–water partition coefficient (Wildman–Crippen LogP) is 4.95. The highest BCUT2D eigenvalue weighted by Gasteiger charge is 2.49. The van der Waals surface area contributed by atoms with Crippen molar-refractivity contribution in [3.63, 3.8) is 0 Å². The highest BCUT2D eigenvalue weighted by molar-refractivity contribution is 6.32. The standard InChI is InChI=1S/C17H18ClF3O4/c1-3-9(4-2)8-24-13-6-5-12(18)10-7-11(16(22)23)15(17(19,20)21)25-14(10)13/h5-7,9,15H,3-4,8H2,1-2H3,(H,22,23). The van der Waals surface area contributed by atoms with Crippen LogP contribution in [0.2, 0.25) is 5.02 Å². The summed E-state index contributed by atoms with van der Waals surface area (Å²) in [6.07, 6.45) is -4.84. The SMILES string of the molecule is CCC(CC)COc1ccc(Cl)c2c1OC(C(F)(F)F)C(C(=O)O)=C2. The van der Waals surface area contributed by atoms with E-state index in [1.54, 1.807) is 0 Å². The lowest BCUT2D eigenvalue weighted by molar-refractivity contribution is -0.187. The molecule has 1 heterocycles. The van der Waals surface area contributed by atoms with Crippen molar-refractivity contribution in [1.82, 2.24) is 0 Å². The molecule has 1 unspecified atom stereocenters. The van der Waals surface area contributed by atoms with Crippen molar-refractivity contribution in [2.45, 2.75) is 39.0 Å². The largest absolute Gasteiger partial charge is 0.489 e. The maximum atomic E-state index is 13.2. The monoisotopic (exact) mass is 378 g/mol. The highest BCUT2D eigenvalue weighted by atomic mass is 35.5. The van der Waals surface area contributed by atoms with E-state index in [2.05, 4.69) is 0 Å². The van der Waals surface area contributed by atoms with Gasteiger partial charge in [0.05, 0.1) is 17.2 Å². The first-order chi connectivity index (χ1) is 11.7. The van der Waals surface area contributed by atoms with Gasteiger partial charge in [0.2, 0.25) is 6.10 Å². The summed E-state index contributed by atoms with van der Waals surface area (Å²) in [7, 11) is 0. The summed E-state index contributed by atoms with van der Waals surface area (Å²) in [6.45, 7) is 4.30.